The second-order valence-electron chi connectivity index (χ2n) is 10.6. The van der Waals surface area contributed by atoms with Gasteiger partial charge in [-0.15, -0.1) is 0 Å². The first-order chi connectivity index (χ1) is 18.5. The van der Waals surface area contributed by atoms with Crippen molar-refractivity contribution in [2.45, 2.75) is 18.8 Å². The van der Waals surface area contributed by atoms with Crippen LogP contribution >= 0.6 is 0 Å². The third kappa shape index (κ3) is 5.04. The SMILES string of the molecule is CN(C)CCNc1cc(F)cc(-c2nccc3[nH]c(C4=CCNc5ccc(C6CCNCC6)cc54)cc23)c1. The van der Waals surface area contributed by atoms with Gasteiger partial charge in [0.2, 0.25) is 0 Å². The smallest absolute Gasteiger partial charge is 0.125 e. The van der Waals surface area contributed by atoms with Crippen molar-refractivity contribution in [1.82, 2.24) is 20.2 Å². The summed E-state index contributed by atoms with van der Waals surface area (Å²) in [6.45, 7) is 4.54. The van der Waals surface area contributed by atoms with Crippen molar-refractivity contribution in [1.29, 1.82) is 0 Å². The van der Waals surface area contributed by atoms with E-state index in [1.807, 2.05) is 26.2 Å². The number of H-pyrrole nitrogens is 1. The molecule has 4 heterocycles. The molecule has 6 rings (SSSR count). The Morgan fingerprint density at radius 2 is 1.92 bits per heavy atom. The van der Waals surface area contributed by atoms with Gasteiger partial charge in [0.05, 0.1) is 5.69 Å². The molecule has 0 aliphatic carbocycles. The molecule has 6 nitrogen and oxygen atoms in total. The van der Waals surface area contributed by atoms with Crippen LogP contribution in [0.5, 0.6) is 0 Å². The number of likely N-dealkylation sites (N-methyl/N-ethyl adjacent to an activating group) is 1. The third-order valence-corrected chi connectivity index (χ3v) is 7.64. The third-order valence-electron chi connectivity index (χ3n) is 7.64. The molecule has 0 amide bonds. The molecule has 0 radical (unpaired) electrons. The van der Waals surface area contributed by atoms with E-state index < -0.39 is 0 Å². The number of aromatic nitrogens is 2. The molecule has 2 aliphatic rings. The molecule has 2 aromatic heterocycles. The van der Waals surface area contributed by atoms with Crippen LogP contribution in [0.4, 0.5) is 15.8 Å². The van der Waals surface area contributed by atoms with Gasteiger partial charge in [-0.25, -0.2) is 4.39 Å². The van der Waals surface area contributed by atoms with Gasteiger partial charge in [-0.1, -0.05) is 12.1 Å². The van der Waals surface area contributed by atoms with Gasteiger partial charge in [-0.3, -0.25) is 4.98 Å². The molecular weight excluding hydrogens is 475 g/mol. The first-order valence-electron chi connectivity index (χ1n) is 13.5. The number of nitrogens with one attached hydrogen (secondary N) is 4. The lowest BCUT2D eigenvalue weighted by molar-refractivity contribution is 0.425. The number of aromatic amines is 1. The van der Waals surface area contributed by atoms with Crippen LogP contribution < -0.4 is 16.0 Å². The van der Waals surface area contributed by atoms with Crippen molar-refractivity contribution >= 4 is 27.9 Å². The fourth-order valence-electron chi connectivity index (χ4n) is 5.66. The van der Waals surface area contributed by atoms with Crippen molar-refractivity contribution in [2.75, 3.05) is 57.5 Å². The second kappa shape index (κ2) is 10.6. The van der Waals surface area contributed by atoms with Crippen molar-refractivity contribution in [3.8, 4) is 11.3 Å². The fourth-order valence-corrected chi connectivity index (χ4v) is 5.66. The second-order valence-corrected chi connectivity index (χ2v) is 10.6. The first-order valence-corrected chi connectivity index (χ1v) is 13.5. The summed E-state index contributed by atoms with van der Waals surface area (Å²) in [6, 6.07) is 16.1. The number of pyridine rings is 1. The summed E-state index contributed by atoms with van der Waals surface area (Å²) in [5.41, 5.74) is 9.35. The quantitative estimate of drug-likeness (QED) is 0.258. The standard InChI is InChI=1S/C31H35FN6/c1-38(2)14-13-34-24-16-22(15-23(32)18-24)31-27-19-30(37-29(27)8-12-36-31)25-7-11-35-28-4-3-21(17-26(25)28)20-5-9-33-10-6-20/h3-4,7-8,12,15-20,33-35,37H,5-6,9-11,13-14H2,1-2H3. The maximum atomic E-state index is 14.6. The molecular formula is C31H35FN6. The van der Waals surface area contributed by atoms with E-state index in [0.717, 1.165) is 72.0 Å². The van der Waals surface area contributed by atoms with Gasteiger partial charge >= 0.3 is 0 Å². The van der Waals surface area contributed by atoms with E-state index in [4.69, 9.17) is 0 Å². The maximum absolute atomic E-state index is 14.6. The Bertz CT molecular complexity index is 1480. The number of anilines is 2. The number of benzene rings is 2. The summed E-state index contributed by atoms with van der Waals surface area (Å²) in [7, 11) is 4.05. The number of halogens is 1. The van der Waals surface area contributed by atoms with E-state index in [0.29, 0.717) is 5.92 Å². The lowest BCUT2D eigenvalue weighted by Crippen LogP contribution is -2.26. The summed E-state index contributed by atoms with van der Waals surface area (Å²) in [5, 5.41) is 11.3. The first kappa shape index (κ1) is 24.6. The average molecular weight is 511 g/mol. The van der Waals surface area contributed by atoms with Crippen LogP contribution in [0.2, 0.25) is 0 Å². The highest BCUT2D eigenvalue weighted by atomic mass is 19.1. The molecule has 1 fully saturated rings. The molecule has 7 heteroatoms. The lowest BCUT2D eigenvalue weighted by Gasteiger charge is -2.26. The van der Waals surface area contributed by atoms with Gasteiger partial charge < -0.3 is 25.8 Å². The van der Waals surface area contributed by atoms with Crippen LogP contribution in [0, 0.1) is 5.82 Å². The van der Waals surface area contributed by atoms with Gasteiger partial charge in [0.1, 0.15) is 5.82 Å². The Morgan fingerprint density at radius 3 is 2.76 bits per heavy atom. The minimum absolute atomic E-state index is 0.273. The molecule has 1 saturated heterocycles. The normalized spacial score (nSPS) is 15.8. The Morgan fingerprint density at radius 1 is 1.05 bits per heavy atom. The van der Waals surface area contributed by atoms with Crippen molar-refractivity contribution < 1.29 is 4.39 Å². The Kier molecular flexibility index (Phi) is 6.87. The van der Waals surface area contributed by atoms with Gasteiger partial charge in [-0.05, 0) is 94.0 Å². The molecule has 2 aliphatic heterocycles. The molecule has 0 bridgehead atoms. The molecule has 38 heavy (non-hydrogen) atoms. The number of piperidine rings is 1. The summed E-state index contributed by atoms with van der Waals surface area (Å²) in [4.78, 5) is 10.4. The number of fused-ring (bicyclic) bond motifs is 2. The van der Waals surface area contributed by atoms with E-state index in [1.165, 1.54) is 29.5 Å². The topological polar surface area (TPSA) is 68.0 Å². The minimum Gasteiger partial charge on any atom is -0.384 e. The van der Waals surface area contributed by atoms with E-state index in [2.05, 4.69) is 61.2 Å². The van der Waals surface area contributed by atoms with Gasteiger partial charge in [-0.2, -0.15) is 0 Å². The number of rotatable bonds is 7. The number of nitrogens with zero attached hydrogens (tertiary/aromatic N) is 2. The van der Waals surface area contributed by atoms with Crippen LogP contribution in [0.1, 0.15) is 35.6 Å². The zero-order chi connectivity index (χ0) is 26.1. The number of hydrogen-bond acceptors (Lipinski definition) is 5. The van der Waals surface area contributed by atoms with Crippen molar-refractivity contribution in [3.05, 3.63) is 83.4 Å². The number of hydrogen-bond donors (Lipinski definition) is 4. The van der Waals surface area contributed by atoms with E-state index in [1.54, 1.807) is 18.3 Å². The van der Waals surface area contributed by atoms with Crippen LogP contribution in [0.15, 0.2) is 60.8 Å². The molecule has 4 N–H and O–H groups in total. The van der Waals surface area contributed by atoms with Crippen LogP contribution in [0.25, 0.3) is 27.7 Å². The van der Waals surface area contributed by atoms with E-state index >= 15 is 0 Å². The molecule has 2 aromatic carbocycles. The molecule has 0 atom stereocenters. The Balaban J connectivity index is 1.35. The summed E-state index contributed by atoms with van der Waals surface area (Å²) < 4.78 is 14.6. The highest BCUT2D eigenvalue weighted by Crippen LogP contribution is 2.38. The minimum atomic E-state index is -0.273. The molecule has 0 saturated carbocycles. The zero-order valence-corrected chi connectivity index (χ0v) is 22.1. The fraction of sp³-hybridized carbons (Fsp3) is 0.323. The van der Waals surface area contributed by atoms with Crippen LogP contribution in [-0.4, -0.2) is 61.7 Å². The molecule has 4 aromatic rings. The van der Waals surface area contributed by atoms with Crippen molar-refractivity contribution in [2.24, 2.45) is 0 Å². The van der Waals surface area contributed by atoms with Gasteiger partial charge in [0.25, 0.3) is 0 Å². The van der Waals surface area contributed by atoms with E-state index in [-0.39, 0.29) is 5.82 Å². The lowest BCUT2D eigenvalue weighted by atomic mass is 9.86. The predicted molar refractivity (Wildman–Crippen MR) is 155 cm³/mol. The Labute approximate surface area is 223 Å². The van der Waals surface area contributed by atoms with Gasteiger partial charge in [0, 0.05) is 70.5 Å². The molecule has 196 valence electrons. The monoisotopic (exact) mass is 510 g/mol. The highest BCUT2D eigenvalue weighted by molar-refractivity contribution is 5.98. The maximum Gasteiger partial charge on any atom is 0.125 e. The van der Waals surface area contributed by atoms with E-state index in [9.17, 15) is 4.39 Å². The average Bonchev–Trinajstić information content (AvgIpc) is 3.37. The largest absolute Gasteiger partial charge is 0.384 e. The van der Waals surface area contributed by atoms with Gasteiger partial charge in [0.15, 0.2) is 0 Å². The molecule has 0 unspecified atom stereocenters. The summed E-state index contributed by atoms with van der Waals surface area (Å²) in [5.74, 6) is 0.321. The summed E-state index contributed by atoms with van der Waals surface area (Å²) >= 11 is 0. The Hall–Kier alpha value is -3.68. The summed E-state index contributed by atoms with van der Waals surface area (Å²) in [6.07, 6.45) is 6.39. The van der Waals surface area contributed by atoms with Crippen LogP contribution in [-0.2, 0) is 0 Å². The molecule has 0 spiro atoms. The predicted octanol–water partition coefficient (Wildman–Crippen LogP) is 5.67. The van der Waals surface area contributed by atoms with Crippen molar-refractivity contribution in [3.63, 3.8) is 0 Å². The zero-order valence-electron chi connectivity index (χ0n) is 22.1. The highest BCUT2D eigenvalue weighted by Gasteiger charge is 2.21. The van der Waals surface area contributed by atoms with Crippen LogP contribution in [0.3, 0.4) is 0 Å².